The Morgan fingerprint density at radius 1 is 1.17 bits per heavy atom. The maximum Gasteiger partial charge on any atom is 0.0452 e. The molecular formula is C15H21Cl2N. The molecule has 1 aliphatic carbocycles. The van der Waals surface area contributed by atoms with E-state index < -0.39 is 0 Å². The minimum Gasteiger partial charge on any atom is -0.316 e. The second kappa shape index (κ2) is 6.79. The normalized spacial score (nSPS) is 22.8. The monoisotopic (exact) mass is 285 g/mol. The average Bonchev–Trinajstić information content (AvgIpc) is 2.32. The molecule has 0 radical (unpaired) electrons. The van der Waals surface area contributed by atoms with E-state index >= 15 is 0 Å². The van der Waals surface area contributed by atoms with E-state index in [4.69, 9.17) is 23.2 Å². The molecule has 18 heavy (non-hydrogen) atoms. The highest BCUT2D eigenvalue weighted by Gasteiger charge is 2.31. The molecule has 2 rings (SSSR count). The van der Waals surface area contributed by atoms with Gasteiger partial charge in [0.05, 0.1) is 0 Å². The molecule has 3 heteroatoms. The first-order valence-electron chi connectivity index (χ1n) is 6.86. The van der Waals surface area contributed by atoms with Crippen molar-refractivity contribution in [2.24, 2.45) is 11.8 Å². The summed E-state index contributed by atoms with van der Waals surface area (Å²) in [5, 5.41) is 5.15. The number of nitrogens with one attached hydrogen (secondary N) is 1. The predicted octanol–water partition coefficient (Wildman–Crippen LogP) is 4.56. The first-order valence-corrected chi connectivity index (χ1v) is 7.61. The first kappa shape index (κ1) is 14.2. The number of halogens is 2. The third-order valence-electron chi connectivity index (χ3n) is 3.94. The van der Waals surface area contributed by atoms with Gasteiger partial charge in [-0.15, -0.1) is 0 Å². The Morgan fingerprint density at radius 3 is 2.39 bits per heavy atom. The Labute approximate surface area is 120 Å². The van der Waals surface area contributed by atoms with Crippen LogP contribution in [0.25, 0.3) is 0 Å². The van der Waals surface area contributed by atoms with Gasteiger partial charge in [-0.1, -0.05) is 36.2 Å². The Bertz CT molecular complexity index is 372. The molecule has 0 amide bonds. The van der Waals surface area contributed by atoms with Crippen LogP contribution in [0.15, 0.2) is 18.2 Å². The third-order valence-corrected chi connectivity index (χ3v) is 4.64. The van der Waals surface area contributed by atoms with Gasteiger partial charge in [-0.05, 0) is 68.3 Å². The smallest absolute Gasteiger partial charge is 0.0452 e. The SMILES string of the molecule is CCCNCC1CCC1Cc1c(Cl)cccc1Cl. The molecule has 0 heterocycles. The number of rotatable bonds is 6. The zero-order valence-electron chi connectivity index (χ0n) is 10.9. The highest BCUT2D eigenvalue weighted by atomic mass is 35.5. The van der Waals surface area contributed by atoms with Gasteiger partial charge in [0, 0.05) is 10.0 Å². The van der Waals surface area contributed by atoms with Gasteiger partial charge in [0.2, 0.25) is 0 Å². The van der Waals surface area contributed by atoms with Crippen LogP contribution >= 0.6 is 23.2 Å². The molecule has 1 fully saturated rings. The molecule has 0 aromatic heterocycles. The van der Waals surface area contributed by atoms with Crippen molar-refractivity contribution in [3.63, 3.8) is 0 Å². The summed E-state index contributed by atoms with van der Waals surface area (Å²) in [6, 6.07) is 5.78. The van der Waals surface area contributed by atoms with Gasteiger partial charge in [-0.3, -0.25) is 0 Å². The van der Waals surface area contributed by atoms with Crippen LogP contribution in [0, 0.1) is 11.8 Å². The van der Waals surface area contributed by atoms with Gasteiger partial charge in [0.1, 0.15) is 0 Å². The molecule has 0 saturated heterocycles. The van der Waals surface area contributed by atoms with Crippen molar-refractivity contribution in [1.29, 1.82) is 0 Å². The zero-order chi connectivity index (χ0) is 13.0. The summed E-state index contributed by atoms with van der Waals surface area (Å²) in [7, 11) is 0. The Balaban J connectivity index is 1.89. The van der Waals surface area contributed by atoms with Crippen LogP contribution in [-0.4, -0.2) is 13.1 Å². The van der Waals surface area contributed by atoms with Crippen LogP contribution in [0.2, 0.25) is 10.0 Å². The quantitative estimate of drug-likeness (QED) is 0.756. The van der Waals surface area contributed by atoms with Crippen LogP contribution in [0.4, 0.5) is 0 Å². The topological polar surface area (TPSA) is 12.0 Å². The summed E-state index contributed by atoms with van der Waals surface area (Å²) >= 11 is 12.5. The summed E-state index contributed by atoms with van der Waals surface area (Å²) in [5.74, 6) is 1.54. The van der Waals surface area contributed by atoms with Crippen molar-refractivity contribution in [3.05, 3.63) is 33.8 Å². The fourth-order valence-electron chi connectivity index (χ4n) is 2.63. The summed E-state index contributed by atoms with van der Waals surface area (Å²) in [6.07, 6.45) is 4.87. The van der Waals surface area contributed by atoms with E-state index in [0.717, 1.165) is 47.0 Å². The van der Waals surface area contributed by atoms with E-state index in [9.17, 15) is 0 Å². The van der Waals surface area contributed by atoms with Crippen molar-refractivity contribution in [2.45, 2.75) is 32.6 Å². The highest BCUT2D eigenvalue weighted by Crippen LogP contribution is 2.39. The summed E-state index contributed by atoms with van der Waals surface area (Å²) in [4.78, 5) is 0. The largest absolute Gasteiger partial charge is 0.316 e. The standard InChI is InChI=1S/C15H21Cl2N/c1-2-8-18-10-12-7-6-11(12)9-13-14(16)4-3-5-15(13)17/h3-5,11-12,18H,2,6-10H2,1H3. The van der Waals surface area contributed by atoms with E-state index in [2.05, 4.69) is 12.2 Å². The van der Waals surface area contributed by atoms with E-state index in [1.165, 1.54) is 19.3 Å². The van der Waals surface area contributed by atoms with Crippen molar-refractivity contribution in [1.82, 2.24) is 5.32 Å². The Kier molecular flexibility index (Phi) is 5.35. The molecule has 1 aromatic carbocycles. The van der Waals surface area contributed by atoms with E-state index in [1.807, 2.05) is 18.2 Å². The van der Waals surface area contributed by atoms with Crippen LogP contribution in [0.3, 0.4) is 0 Å². The van der Waals surface area contributed by atoms with Gasteiger partial charge in [-0.25, -0.2) is 0 Å². The maximum absolute atomic E-state index is 6.23. The number of benzene rings is 1. The molecule has 2 atom stereocenters. The van der Waals surface area contributed by atoms with Gasteiger partial charge < -0.3 is 5.32 Å². The fraction of sp³-hybridized carbons (Fsp3) is 0.600. The molecule has 0 spiro atoms. The van der Waals surface area contributed by atoms with E-state index in [1.54, 1.807) is 0 Å². The molecule has 2 unspecified atom stereocenters. The molecule has 0 bridgehead atoms. The maximum atomic E-state index is 6.23. The predicted molar refractivity (Wildman–Crippen MR) is 79.5 cm³/mol. The lowest BCUT2D eigenvalue weighted by Gasteiger charge is -2.37. The van der Waals surface area contributed by atoms with Crippen molar-refractivity contribution < 1.29 is 0 Å². The second-order valence-electron chi connectivity index (χ2n) is 5.21. The third kappa shape index (κ3) is 3.40. The van der Waals surface area contributed by atoms with Crippen molar-refractivity contribution >= 4 is 23.2 Å². The molecule has 1 aliphatic rings. The van der Waals surface area contributed by atoms with Gasteiger partial charge in [0.25, 0.3) is 0 Å². The van der Waals surface area contributed by atoms with E-state index in [-0.39, 0.29) is 0 Å². The second-order valence-corrected chi connectivity index (χ2v) is 6.02. The van der Waals surface area contributed by atoms with Gasteiger partial charge >= 0.3 is 0 Å². The van der Waals surface area contributed by atoms with Crippen LogP contribution in [0.5, 0.6) is 0 Å². The molecule has 1 nitrogen and oxygen atoms in total. The fourth-order valence-corrected chi connectivity index (χ4v) is 3.18. The van der Waals surface area contributed by atoms with Crippen molar-refractivity contribution in [3.8, 4) is 0 Å². The number of hydrogen-bond acceptors (Lipinski definition) is 1. The lowest BCUT2D eigenvalue weighted by atomic mass is 9.70. The lowest BCUT2D eigenvalue weighted by molar-refractivity contribution is 0.171. The average molecular weight is 286 g/mol. The Hall–Kier alpha value is -0.240. The van der Waals surface area contributed by atoms with Crippen LogP contribution < -0.4 is 5.32 Å². The molecular weight excluding hydrogens is 265 g/mol. The number of hydrogen-bond donors (Lipinski definition) is 1. The Morgan fingerprint density at radius 2 is 1.83 bits per heavy atom. The summed E-state index contributed by atoms with van der Waals surface area (Å²) < 4.78 is 0. The molecule has 0 aliphatic heterocycles. The molecule has 1 N–H and O–H groups in total. The summed E-state index contributed by atoms with van der Waals surface area (Å²) in [6.45, 7) is 4.46. The lowest BCUT2D eigenvalue weighted by Crippen LogP contribution is -2.36. The van der Waals surface area contributed by atoms with Crippen LogP contribution in [0.1, 0.15) is 31.7 Å². The van der Waals surface area contributed by atoms with Gasteiger partial charge in [0.15, 0.2) is 0 Å². The minimum atomic E-state index is 0.742. The molecule has 100 valence electrons. The van der Waals surface area contributed by atoms with Gasteiger partial charge in [-0.2, -0.15) is 0 Å². The zero-order valence-corrected chi connectivity index (χ0v) is 12.4. The summed E-state index contributed by atoms with van der Waals surface area (Å²) in [5.41, 5.74) is 1.13. The van der Waals surface area contributed by atoms with E-state index in [0.29, 0.717) is 0 Å². The minimum absolute atomic E-state index is 0.742. The molecule has 1 saturated carbocycles. The van der Waals surface area contributed by atoms with Crippen LogP contribution in [-0.2, 0) is 6.42 Å². The molecule has 1 aromatic rings. The highest BCUT2D eigenvalue weighted by molar-refractivity contribution is 6.35. The van der Waals surface area contributed by atoms with Crippen molar-refractivity contribution in [2.75, 3.05) is 13.1 Å². The first-order chi connectivity index (χ1) is 8.72.